The molecule has 0 bridgehead atoms. The number of hydrogen-bond acceptors (Lipinski definition) is 3. The van der Waals surface area contributed by atoms with Gasteiger partial charge in [-0.1, -0.05) is 24.3 Å². The molecule has 1 aliphatic rings. The summed E-state index contributed by atoms with van der Waals surface area (Å²) in [5, 5.41) is 0. The Hall–Kier alpha value is -0.900. The zero-order chi connectivity index (χ0) is 9.10. The second-order valence-corrected chi connectivity index (χ2v) is 3.09. The minimum atomic E-state index is 0.162. The molecule has 3 heteroatoms. The summed E-state index contributed by atoms with van der Waals surface area (Å²) in [6, 6.07) is 8.41. The van der Waals surface area contributed by atoms with Gasteiger partial charge in [0.2, 0.25) is 0 Å². The van der Waals surface area contributed by atoms with Crippen LogP contribution in [0.4, 0.5) is 0 Å². The largest absolute Gasteiger partial charge is 0.375 e. The van der Waals surface area contributed by atoms with Crippen molar-refractivity contribution in [2.24, 2.45) is 0 Å². The van der Waals surface area contributed by atoms with Gasteiger partial charge in [0.1, 0.15) is 0 Å². The second-order valence-electron chi connectivity index (χ2n) is 3.09. The lowest BCUT2D eigenvalue weighted by Gasteiger charge is -2.25. The molecule has 2 rings (SSSR count). The topological polar surface area (TPSA) is 30.5 Å². The maximum atomic E-state index is 5.42. The average molecular weight is 179 g/mol. The van der Waals surface area contributed by atoms with Crippen molar-refractivity contribution in [2.75, 3.05) is 13.7 Å². The van der Waals surface area contributed by atoms with Crippen LogP contribution in [0.1, 0.15) is 17.2 Å². The van der Waals surface area contributed by atoms with E-state index in [0.29, 0.717) is 13.2 Å². The molecule has 0 spiro atoms. The lowest BCUT2D eigenvalue weighted by atomic mass is 10.00. The number of hydroxylamine groups is 1. The smallest absolute Gasteiger partial charge is 0.0808 e. The minimum absolute atomic E-state index is 0.162. The van der Waals surface area contributed by atoms with Gasteiger partial charge in [-0.3, -0.25) is 0 Å². The summed E-state index contributed by atoms with van der Waals surface area (Å²) in [6.45, 7) is 1.38. The third-order valence-electron chi connectivity index (χ3n) is 2.23. The Kier molecular flexibility index (Phi) is 2.59. The monoisotopic (exact) mass is 179 g/mol. The van der Waals surface area contributed by atoms with E-state index in [9.17, 15) is 0 Å². The zero-order valence-electron chi connectivity index (χ0n) is 7.62. The van der Waals surface area contributed by atoms with E-state index in [1.165, 1.54) is 11.1 Å². The van der Waals surface area contributed by atoms with E-state index in [1.54, 1.807) is 7.11 Å². The van der Waals surface area contributed by atoms with Gasteiger partial charge in [-0.2, -0.15) is 5.48 Å². The summed E-state index contributed by atoms with van der Waals surface area (Å²) < 4.78 is 5.42. The van der Waals surface area contributed by atoms with Gasteiger partial charge in [0, 0.05) is 0 Å². The fraction of sp³-hybridized carbons (Fsp3) is 0.400. The highest BCUT2D eigenvalue weighted by Gasteiger charge is 2.19. The third-order valence-corrected chi connectivity index (χ3v) is 2.23. The normalized spacial score (nSPS) is 21.2. The molecule has 1 aromatic rings. The Morgan fingerprint density at radius 2 is 2.31 bits per heavy atom. The van der Waals surface area contributed by atoms with Crippen LogP contribution in [0.5, 0.6) is 0 Å². The van der Waals surface area contributed by atoms with Crippen molar-refractivity contribution in [3.05, 3.63) is 35.4 Å². The van der Waals surface area contributed by atoms with E-state index < -0.39 is 0 Å². The van der Waals surface area contributed by atoms with Gasteiger partial charge in [0.15, 0.2) is 0 Å². The number of hydrogen-bond donors (Lipinski definition) is 1. The first-order chi connectivity index (χ1) is 6.42. The maximum Gasteiger partial charge on any atom is 0.0808 e. The number of benzene rings is 1. The first kappa shape index (κ1) is 8.69. The number of rotatable bonds is 2. The molecule has 0 aromatic heterocycles. The van der Waals surface area contributed by atoms with Crippen molar-refractivity contribution in [3.63, 3.8) is 0 Å². The van der Waals surface area contributed by atoms with E-state index >= 15 is 0 Å². The Morgan fingerprint density at radius 3 is 3.15 bits per heavy atom. The Labute approximate surface area is 77.6 Å². The first-order valence-electron chi connectivity index (χ1n) is 4.36. The molecule has 1 unspecified atom stereocenters. The zero-order valence-corrected chi connectivity index (χ0v) is 7.62. The minimum Gasteiger partial charge on any atom is -0.375 e. The molecule has 0 aliphatic carbocycles. The summed E-state index contributed by atoms with van der Waals surface area (Å²) in [5.41, 5.74) is 5.43. The molecule has 70 valence electrons. The summed E-state index contributed by atoms with van der Waals surface area (Å²) >= 11 is 0. The van der Waals surface area contributed by atoms with Crippen molar-refractivity contribution in [3.8, 4) is 0 Å². The molecule has 1 N–H and O–H groups in total. The molecule has 0 fully saturated rings. The molecule has 1 heterocycles. The van der Waals surface area contributed by atoms with E-state index in [2.05, 4.69) is 17.6 Å². The number of fused-ring (bicyclic) bond motifs is 1. The summed E-state index contributed by atoms with van der Waals surface area (Å²) in [4.78, 5) is 4.91. The van der Waals surface area contributed by atoms with Crippen LogP contribution < -0.4 is 5.48 Å². The maximum absolute atomic E-state index is 5.42. The quantitative estimate of drug-likeness (QED) is 0.696. The SMILES string of the molecule is CONC1COCc2ccccc21. The molecule has 0 radical (unpaired) electrons. The lowest BCUT2D eigenvalue weighted by Crippen LogP contribution is -2.28. The predicted molar refractivity (Wildman–Crippen MR) is 49.0 cm³/mol. The standard InChI is InChI=1S/C10H13NO2/c1-12-11-10-7-13-6-8-4-2-3-5-9(8)10/h2-5,10-11H,6-7H2,1H3. The van der Waals surface area contributed by atoms with Crippen LogP contribution in [0.2, 0.25) is 0 Å². The first-order valence-corrected chi connectivity index (χ1v) is 4.36. The van der Waals surface area contributed by atoms with Crippen LogP contribution in [0.3, 0.4) is 0 Å². The Balaban J connectivity index is 2.26. The van der Waals surface area contributed by atoms with Crippen molar-refractivity contribution in [1.29, 1.82) is 0 Å². The van der Waals surface area contributed by atoms with Crippen molar-refractivity contribution in [1.82, 2.24) is 5.48 Å². The molecule has 3 nitrogen and oxygen atoms in total. The highest BCUT2D eigenvalue weighted by atomic mass is 16.6. The number of ether oxygens (including phenoxy) is 1. The fourth-order valence-corrected chi connectivity index (χ4v) is 1.62. The summed E-state index contributed by atoms with van der Waals surface area (Å²) in [6.07, 6.45) is 0. The molecule has 1 aromatic carbocycles. The van der Waals surface area contributed by atoms with Gasteiger partial charge in [-0.25, -0.2) is 0 Å². The number of nitrogens with one attached hydrogen (secondary N) is 1. The van der Waals surface area contributed by atoms with Crippen LogP contribution >= 0.6 is 0 Å². The van der Waals surface area contributed by atoms with Gasteiger partial charge < -0.3 is 9.57 Å². The molecular weight excluding hydrogens is 166 g/mol. The van der Waals surface area contributed by atoms with Gasteiger partial charge in [0.05, 0.1) is 26.4 Å². The van der Waals surface area contributed by atoms with Crippen LogP contribution in [-0.2, 0) is 16.2 Å². The Morgan fingerprint density at radius 1 is 1.46 bits per heavy atom. The van der Waals surface area contributed by atoms with Crippen molar-refractivity contribution < 1.29 is 9.57 Å². The van der Waals surface area contributed by atoms with Crippen LogP contribution in [0.15, 0.2) is 24.3 Å². The van der Waals surface area contributed by atoms with E-state index in [4.69, 9.17) is 9.57 Å². The molecule has 0 amide bonds. The van der Waals surface area contributed by atoms with Crippen LogP contribution in [-0.4, -0.2) is 13.7 Å². The molecule has 0 saturated heterocycles. The molecule has 1 aliphatic heterocycles. The van der Waals surface area contributed by atoms with Gasteiger partial charge in [-0.15, -0.1) is 0 Å². The highest BCUT2D eigenvalue weighted by molar-refractivity contribution is 5.30. The summed E-state index contributed by atoms with van der Waals surface area (Å²) in [7, 11) is 1.62. The van der Waals surface area contributed by atoms with E-state index in [-0.39, 0.29) is 6.04 Å². The molecule has 1 atom stereocenters. The summed E-state index contributed by atoms with van der Waals surface area (Å²) in [5.74, 6) is 0. The lowest BCUT2D eigenvalue weighted by molar-refractivity contribution is 0.00134. The third kappa shape index (κ3) is 1.72. The molecular formula is C10H13NO2. The Bertz CT molecular complexity index is 288. The van der Waals surface area contributed by atoms with Crippen molar-refractivity contribution >= 4 is 0 Å². The fourth-order valence-electron chi connectivity index (χ4n) is 1.62. The van der Waals surface area contributed by atoms with E-state index in [0.717, 1.165) is 0 Å². The second kappa shape index (κ2) is 3.87. The van der Waals surface area contributed by atoms with Gasteiger partial charge in [0.25, 0.3) is 0 Å². The average Bonchev–Trinajstić information content (AvgIpc) is 2.19. The van der Waals surface area contributed by atoms with Crippen LogP contribution in [0.25, 0.3) is 0 Å². The van der Waals surface area contributed by atoms with E-state index in [1.807, 2.05) is 12.1 Å². The predicted octanol–water partition coefficient (Wildman–Crippen LogP) is 1.41. The van der Waals surface area contributed by atoms with Gasteiger partial charge in [-0.05, 0) is 11.1 Å². The van der Waals surface area contributed by atoms with Crippen LogP contribution in [0, 0.1) is 0 Å². The van der Waals surface area contributed by atoms with Crippen molar-refractivity contribution in [2.45, 2.75) is 12.6 Å². The highest BCUT2D eigenvalue weighted by Crippen LogP contribution is 2.23. The molecule has 13 heavy (non-hydrogen) atoms. The molecule has 0 saturated carbocycles. The van der Waals surface area contributed by atoms with Gasteiger partial charge >= 0.3 is 0 Å².